The summed E-state index contributed by atoms with van der Waals surface area (Å²) in [6.45, 7) is 0. The highest BCUT2D eigenvalue weighted by molar-refractivity contribution is 7.59. The highest BCUT2D eigenvalue weighted by Crippen LogP contribution is 2.14. The van der Waals surface area contributed by atoms with Crippen molar-refractivity contribution in [1.29, 1.82) is 0 Å². The summed E-state index contributed by atoms with van der Waals surface area (Å²) in [5, 5.41) is 2.64. The summed E-state index contributed by atoms with van der Waals surface area (Å²) >= 11 is 4.59. The average Bonchev–Trinajstić information content (AvgIpc) is 2.19. The number of ether oxygens (including phenoxy) is 1. The molecule has 0 aromatic heterocycles. The predicted molar refractivity (Wildman–Crippen MR) is 53.9 cm³/mol. The molecule has 0 radical (unpaired) electrons. The second-order valence-electron chi connectivity index (χ2n) is 2.42. The van der Waals surface area contributed by atoms with Gasteiger partial charge >= 0.3 is 0 Å². The van der Waals surface area contributed by atoms with Crippen LogP contribution in [0.1, 0.15) is 0 Å². The third kappa shape index (κ3) is 2.99. The zero-order valence-corrected chi connectivity index (χ0v) is 8.06. The Hall–Kier alpha value is -1.16. The van der Waals surface area contributed by atoms with Crippen LogP contribution in [-0.2, 0) is 17.4 Å². The quantitative estimate of drug-likeness (QED) is 0.738. The molecule has 0 fully saturated rings. The normalized spacial score (nSPS) is 9.38. The molecule has 0 saturated heterocycles. The zero-order chi connectivity index (χ0) is 9.68. The lowest BCUT2D eigenvalue weighted by molar-refractivity contribution is -0.113. The number of amides is 1. The van der Waals surface area contributed by atoms with Crippen LogP contribution in [0.15, 0.2) is 24.3 Å². The van der Waals surface area contributed by atoms with E-state index in [1.807, 2.05) is 0 Å². The van der Waals surface area contributed by atoms with Crippen molar-refractivity contribution in [2.75, 3.05) is 18.2 Å². The molecule has 0 atom stereocenters. The van der Waals surface area contributed by atoms with E-state index in [1.54, 1.807) is 31.4 Å². The van der Waals surface area contributed by atoms with Gasteiger partial charge in [0.15, 0.2) is 5.91 Å². The Morgan fingerprint density at radius 3 is 2.54 bits per heavy atom. The van der Waals surface area contributed by atoms with E-state index in [4.69, 9.17) is 4.74 Å². The largest absolute Gasteiger partial charge is 0.783 e. The van der Waals surface area contributed by atoms with Gasteiger partial charge in [-0.05, 0) is 24.3 Å². The van der Waals surface area contributed by atoms with Gasteiger partial charge in [0, 0.05) is 5.69 Å². The van der Waals surface area contributed by atoms with Gasteiger partial charge in [-0.25, -0.2) is 0 Å². The van der Waals surface area contributed by atoms with E-state index < -0.39 is 0 Å². The summed E-state index contributed by atoms with van der Waals surface area (Å²) in [5.74, 6) is 0.669. The van der Waals surface area contributed by atoms with Gasteiger partial charge in [-0.2, -0.15) is 0 Å². The lowest BCUT2D eigenvalue weighted by atomic mass is 10.3. The molecule has 0 bridgehead atoms. The van der Waals surface area contributed by atoms with Crippen LogP contribution >= 0.6 is 0 Å². The molecule has 3 nitrogen and oxygen atoms in total. The number of methoxy groups -OCH3 is 1. The number of hydrogen-bond donors (Lipinski definition) is 1. The summed E-state index contributed by atoms with van der Waals surface area (Å²) in [6, 6.07) is 7.08. The molecule has 1 amide bonds. The van der Waals surface area contributed by atoms with Crippen molar-refractivity contribution in [3.05, 3.63) is 24.3 Å². The highest BCUT2D eigenvalue weighted by atomic mass is 32.1. The molecule has 1 rings (SSSR count). The van der Waals surface area contributed by atoms with Crippen LogP contribution < -0.4 is 10.1 Å². The van der Waals surface area contributed by atoms with Crippen LogP contribution in [-0.4, -0.2) is 18.8 Å². The van der Waals surface area contributed by atoms with E-state index in [-0.39, 0.29) is 11.7 Å². The standard InChI is InChI=1S/C9H11NO2S/c1-12-8-4-2-7(3-5-8)10-9(11)6-13/h2-5,13H,6H2,1H3,(H,10,11)/p-1. The monoisotopic (exact) mass is 196 g/mol. The Bertz CT molecular complexity index is 284. The van der Waals surface area contributed by atoms with E-state index in [0.29, 0.717) is 0 Å². The summed E-state index contributed by atoms with van der Waals surface area (Å²) < 4.78 is 4.97. The average molecular weight is 196 g/mol. The first kappa shape index (κ1) is 9.92. The van der Waals surface area contributed by atoms with Gasteiger partial charge in [0.25, 0.3) is 0 Å². The van der Waals surface area contributed by atoms with E-state index in [1.165, 1.54) is 0 Å². The van der Waals surface area contributed by atoms with Crippen molar-refractivity contribution in [3.8, 4) is 5.75 Å². The summed E-state index contributed by atoms with van der Waals surface area (Å²) in [5.41, 5.74) is 0.732. The van der Waals surface area contributed by atoms with E-state index in [9.17, 15) is 4.79 Å². The first-order valence-corrected chi connectivity index (χ1v) is 4.36. The van der Waals surface area contributed by atoms with E-state index in [2.05, 4.69) is 17.9 Å². The molecule has 0 unspecified atom stereocenters. The number of hydrogen-bond acceptors (Lipinski definition) is 3. The van der Waals surface area contributed by atoms with Gasteiger partial charge in [-0.1, -0.05) is 5.75 Å². The van der Waals surface area contributed by atoms with Crippen molar-refractivity contribution in [1.82, 2.24) is 0 Å². The minimum atomic E-state index is -0.167. The summed E-state index contributed by atoms with van der Waals surface area (Å²) in [7, 11) is 1.59. The molecular formula is C9H10NO2S-. The van der Waals surface area contributed by atoms with Gasteiger partial charge in [-0.3, -0.25) is 4.79 Å². The molecule has 1 aromatic carbocycles. The maximum absolute atomic E-state index is 10.9. The fourth-order valence-electron chi connectivity index (χ4n) is 0.871. The van der Waals surface area contributed by atoms with Crippen molar-refractivity contribution in [2.45, 2.75) is 0 Å². The molecule has 13 heavy (non-hydrogen) atoms. The first-order chi connectivity index (χ1) is 6.26. The molecule has 0 saturated carbocycles. The van der Waals surface area contributed by atoms with E-state index in [0.717, 1.165) is 11.4 Å². The van der Waals surface area contributed by atoms with Crippen LogP contribution in [0.25, 0.3) is 0 Å². The highest BCUT2D eigenvalue weighted by Gasteiger charge is 1.95. The molecule has 0 aliphatic heterocycles. The van der Waals surface area contributed by atoms with Crippen molar-refractivity contribution in [3.63, 3.8) is 0 Å². The summed E-state index contributed by atoms with van der Waals surface area (Å²) in [6.07, 6.45) is 0. The molecule has 0 aliphatic rings. The van der Waals surface area contributed by atoms with Gasteiger partial charge < -0.3 is 22.7 Å². The maximum Gasteiger partial charge on any atom is 0.200 e. The SMILES string of the molecule is COc1ccc(NC(=O)C[S-])cc1. The third-order valence-electron chi connectivity index (χ3n) is 1.50. The van der Waals surface area contributed by atoms with E-state index >= 15 is 0 Å². The van der Waals surface area contributed by atoms with Gasteiger partial charge in [0.05, 0.1) is 7.11 Å². The summed E-state index contributed by atoms with van der Waals surface area (Å²) in [4.78, 5) is 10.9. The number of carbonyl (C=O) groups is 1. The molecule has 4 heteroatoms. The van der Waals surface area contributed by atoms with Gasteiger partial charge in [0.2, 0.25) is 0 Å². The number of anilines is 1. The lowest BCUT2D eigenvalue weighted by Gasteiger charge is -2.07. The molecule has 0 spiro atoms. The Balaban J connectivity index is 2.64. The lowest BCUT2D eigenvalue weighted by Crippen LogP contribution is -2.13. The Morgan fingerprint density at radius 2 is 2.08 bits per heavy atom. The molecule has 0 aliphatic carbocycles. The fourth-order valence-corrected chi connectivity index (χ4v) is 0.944. The minimum absolute atomic E-state index is 0.0754. The molecular weight excluding hydrogens is 186 g/mol. The second-order valence-corrected chi connectivity index (χ2v) is 2.71. The molecule has 70 valence electrons. The smallest absolute Gasteiger partial charge is 0.200 e. The fraction of sp³-hybridized carbons (Fsp3) is 0.222. The van der Waals surface area contributed by atoms with Crippen LogP contribution in [0, 0.1) is 0 Å². The van der Waals surface area contributed by atoms with Crippen LogP contribution in [0.5, 0.6) is 5.75 Å². The Morgan fingerprint density at radius 1 is 1.46 bits per heavy atom. The van der Waals surface area contributed by atoms with Crippen LogP contribution in [0.4, 0.5) is 5.69 Å². The third-order valence-corrected chi connectivity index (χ3v) is 1.77. The number of rotatable bonds is 3. The van der Waals surface area contributed by atoms with Gasteiger partial charge in [-0.15, -0.1) is 0 Å². The topological polar surface area (TPSA) is 38.3 Å². The maximum atomic E-state index is 10.9. The number of benzene rings is 1. The van der Waals surface area contributed by atoms with Gasteiger partial charge in [0.1, 0.15) is 5.75 Å². The molecule has 1 aromatic rings. The van der Waals surface area contributed by atoms with Crippen molar-refractivity contribution >= 4 is 24.2 Å². The first-order valence-electron chi connectivity index (χ1n) is 3.78. The van der Waals surface area contributed by atoms with Crippen LogP contribution in [0.2, 0.25) is 0 Å². The van der Waals surface area contributed by atoms with Crippen molar-refractivity contribution in [2.24, 2.45) is 0 Å². The Kier molecular flexibility index (Phi) is 3.64. The molecule has 0 heterocycles. The predicted octanol–water partition coefficient (Wildman–Crippen LogP) is 1.18. The zero-order valence-electron chi connectivity index (χ0n) is 7.24. The van der Waals surface area contributed by atoms with Crippen molar-refractivity contribution < 1.29 is 9.53 Å². The molecule has 1 N–H and O–H groups in total. The minimum Gasteiger partial charge on any atom is -0.783 e. The Labute approximate surface area is 82.5 Å². The number of carbonyl (C=O) groups excluding carboxylic acids is 1. The second kappa shape index (κ2) is 4.77. The van der Waals surface area contributed by atoms with Crippen LogP contribution in [0.3, 0.4) is 0 Å². The number of nitrogens with one attached hydrogen (secondary N) is 1.